The molecule has 1 N–H and O–H groups in total. The van der Waals surface area contributed by atoms with Crippen LogP contribution >= 0.6 is 11.6 Å². The Hall–Kier alpha value is -3.88. The standard InChI is InChI=1S/C34H36ClN3O4S/c1-34(2,3)36-33(40)29(22-24-11-5-4-6-12-24)37(23-25-13-7-16-27(35)21-25)31(39)19-10-20-38-28-17-8-14-26-15-9-18-30(32(26)28)43(38,41)42/h4-9,11-18,21,29H,10,19-20,22-23H2,1-3H3,(H,36,40). The maximum absolute atomic E-state index is 14.0. The fourth-order valence-electron chi connectivity index (χ4n) is 5.56. The first-order valence-corrected chi connectivity index (χ1v) is 16.2. The minimum atomic E-state index is -3.73. The summed E-state index contributed by atoms with van der Waals surface area (Å²) in [7, 11) is -3.73. The van der Waals surface area contributed by atoms with Gasteiger partial charge in [0.1, 0.15) is 6.04 Å². The SMILES string of the molecule is CC(C)(C)NC(=O)C(Cc1ccccc1)N(Cc1cccc(Cl)c1)C(=O)CCCN1c2cccc3cccc(c23)S1(=O)=O. The molecule has 7 nitrogen and oxygen atoms in total. The van der Waals surface area contributed by atoms with Crippen molar-refractivity contribution in [2.75, 3.05) is 10.8 Å². The molecule has 0 aliphatic carbocycles. The fraction of sp³-hybridized carbons (Fsp3) is 0.294. The van der Waals surface area contributed by atoms with Crippen molar-refractivity contribution in [3.8, 4) is 0 Å². The zero-order chi connectivity index (χ0) is 30.8. The molecule has 2 amide bonds. The van der Waals surface area contributed by atoms with Crippen LogP contribution in [0.15, 0.2) is 95.9 Å². The number of rotatable bonds is 10. The largest absolute Gasteiger partial charge is 0.350 e. The Balaban J connectivity index is 1.41. The van der Waals surface area contributed by atoms with Crippen LogP contribution in [-0.4, -0.2) is 43.3 Å². The van der Waals surface area contributed by atoms with E-state index in [0.29, 0.717) is 22.5 Å². The Morgan fingerprint density at radius 2 is 1.58 bits per heavy atom. The summed E-state index contributed by atoms with van der Waals surface area (Å²) in [5.41, 5.74) is 1.85. The van der Waals surface area contributed by atoms with Gasteiger partial charge in [0, 0.05) is 41.9 Å². The van der Waals surface area contributed by atoms with Crippen molar-refractivity contribution in [2.24, 2.45) is 0 Å². The number of nitrogens with one attached hydrogen (secondary N) is 1. The molecule has 0 saturated carbocycles. The van der Waals surface area contributed by atoms with Crippen molar-refractivity contribution in [2.45, 2.75) is 63.1 Å². The van der Waals surface area contributed by atoms with E-state index < -0.39 is 21.6 Å². The van der Waals surface area contributed by atoms with Crippen LogP contribution in [0.4, 0.5) is 5.69 Å². The molecular formula is C34H36ClN3O4S. The van der Waals surface area contributed by atoms with Crippen molar-refractivity contribution >= 4 is 49.9 Å². The fourth-order valence-corrected chi connectivity index (χ4v) is 7.52. The van der Waals surface area contributed by atoms with E-state index in [1.807, 2.05) is 81.4 Å². The number of benzene rings is 4. The van der Waals surface area contributed by atoms with E-state index >= 15 is 0 Å². The maximum Gasteiger partial charge on any atom is 0.265 e. The predicted octanol–water partition coefficient (Wildman–Crippen LogP) is 6.34. The molecule has 224 valence electrons. The number of carbonyl (C=O) groups excluding carboxylic acids is 2. The molecule has 0 bridgehead atoms. The van der Waals surface area contributed by atoms with E-state index in [1.54, 1.807) is 35.2 Å². The summed E-state index contributed by atoms with van der Waals surface area (Å²) < 4.78 is 28.3. The normalized spacial score (nSPS) is 14.5. The second-order valence-electron chi connectivity index (χ2n) is 11.9. The van der Waals surface area contributed by atoms with Crippen LogP contribution < -0.4 is 9.62 Å². The molecule has 1 aliphatic heterocycles. The second-order valence-corrected chi connectivity index (χ2v) is 14.2. The first-order valence-electron chi connectivity index (χ1n) is 14.4. The van der Waals surface area contributed by atoms with E-state index in [4.69, 9.17) is 11.6 Å². The van der Waals surface area contributed by atoms with Crippen molar-refractivity contribution in [1.29, 1.82) is 0 Å². The lowest BCUT2D eigenvalue weighted by Crippen LogP contribution is -2.54. The van der Waals surface area contributed by atoms with Crippen LogP contribution in [0, 0.1) is 0 Å². The number of anilines is 1. The van der Waals surface area contributed by atoms with Crippen LogP contribution in [0.1, 0.15) is 44.7 Å². The Labute approximate surface area is 258 Å². The van der Waals surface area contributed by atoms with Crippen LogP contribution in [0.3, 0.4) is 0 Å². The van der Waals surface area contributed by atoms with Gasteiger partial charge in [-0.25, -0.2) is 8.42 Å². The zero-order valence-electron chi connectivity index (χ0n) is 24.6. The topological polar surface area (TPSA) is 86.8 Å². The number of nitrogens with zero attached hydrogens (tertiary/aromatic N) is 2. The lowest BCUT2D eigenvalue weighted by Gasteiger charge is -2.34. The first kappa shape index (κ1) is 30.6. The summed E-state index contributed by atoms with van der Waals surface area (Å²) in [5, 5.41) is 5.17. The molecule has 0 spiro atoms. The van der Waals surface area contributed by atoms with Gasteiger partial charge in [0.25, 0.3) is 10.0 Å². The summed E-state index contributed by atoms with van der Waals surface area (Å²) in [4.78, 5) is 29.7. The van der Waals surface area contributed by atoms with Gasteiger partial charge in [-0.2, -0.15) is 0 Å². The Morgan fingerprint density at radius 1 is 0.907 bits per heavy atom. The van der Waals surface area contributed by atoms with Gasteiger partial charge in [0.05, 0.1) is 10.6 Å². The second kappa shape index (κ2) is 12.4. The third-order valence-electron chi connectivity index (χ3n) is 7.44. The third-order valence-corrected chi connectivity index (χ3v) is 9.53. The van der Waals surface area contributed by atoms with Crippen molar-refractivity contribution in [3.63, 3.8) is 0 Å². The lowest BCUT2D eigenvalue weighted by molar-refractivity contribution is -0.142. The van der Waals surface area contributed by atoms with Gasteiger partial charge < -0.3 is 10.2 Å². The van der Waals surface area contributed by atoms with Crippen molar-refractivity contribution < 1.29 is 18.0 Å². The zero-order valence-corrected chi connectivity index (χ0v) is 26.2. The molecule has 4 aromatic carbocycles. The monoisotopic (exact) mass is 617 g/mol. The first-order chi connectivity index (χ1) is 20.4. The number of carbonyl (C=O) groups is 2. The molecule has 0 aromatic heterocycles. The highest BCUT2D eigenvalue weighted by molar-refractivity contribution is 7.93. The maximum atomic E-state index is 14.0. The molecule has 1 unspecified atom stereocenters. The molecule has 1 heterocycles. The molecular weight excluding hydrogens is 582 g/mol. The molecule has 4 aromatic rings. The van der Waals surface area contributed by atoms with Gasteiger partial charge in [-0.15, -0.1) is 0 Å². The summed E-state index contributed by atoms with van der Waals surface area (Å²) in [6.45, 7) is 6.04. The van der Waals surface area contributed by atoms with Crippen LogP contribution in [0.25, 0.3) is 10.8 Å². The molecule has 5 rings (SSSR count). The van der Waals surface area contributed by atoms with Crippen LogP contribution in [-0.2, 0) is 32.6 Å². The minimum absolute atomic E-state index is 0.0625. The lowest BCUT2D eigenvalue weighted by atomic mass is 10.00. The Kier molecular flexibility index (Phi) is 8.81. The minimum Gasteiger partial charge on any atom is -0.350 e. The number of amides is 2. The predicted molar refractivity (Wildman–Crippen MR) is 172 cm³/mol. The number of sulfonamides is 1. The Bertz CT molecular complexity index is 1750. The molecule has 43 heavy (non-hydrogen) atoms. The molecule has 9 heteroatoms. The van der Waals surface area contributed by atoms with Gasteiger partial charge in [-0.3, -0.25) is 13.9 Å². The average molecular weight is 618 g/mol. The van der Waals surface area contributed by atoms with E-state index in [-0.39, 0.29) is 42.6 Å². The average Bonchev–Trinajstić information content (AvgIpc) is 3.17. The highest BCUT2D eigenvalue weighted by Crippen LogP contribution is 2.42. The summed E-state index contributed by atoms with van der Waals surface area (Å²) in [6, 6.07) is 26.9. The molecule has 0 saturated heterocycles. The third kappa shape index (κ3) is 6.86. The van der Waals surface area contributed by atoms with Gasteiger partial charge in [0.2, 0.25) is 11.8 Å². The summed E-state index contributed by atoms with van der Waals surface area (Å²) in [6.07, 6.45) is 0.674. The molecule has 1 aliphatic rings. The smallest absolute Gasteiger partial charge is 0.265 e. The molecule has 0 radical (unpaired) electrons. The highest BCUT2D eigenvalue weighted by Gasteiger charge is 2.36. The van der Waals surface area contributed by atoms with E-state index in [2.05, 4.69) is 5.32 Å². The van der Waals surface area contributed by atoms with Gasteiger partial charge in [0.15, 0.2) is 0 Å². The Morgan fingerprint density at radius 3 is 2.28 bits per heavy atom. The highest BCUT2D eigenvalue weighted by atomic mass is 35.5. The summed E-state index contributed by atoms with van der Waals surface area (Å²) in [5.74, 6) is -0.492. The van der Waals surface area contributed by atoms with E-state index in [0.717, 1.165) is 16.5 Å². The van der Waals surface area contributed by atoms with Crippen molar-refractivity contribution in [1.82, 2.24) is 10.2 Å². The quantitative estimate of drug-likeness (QED) is 0.225. The summed E-state index contributed by atoms with van der Waals surface area (Å²) >= 11 is 6.28. The number of hydrogen-bond acceptors (Lipinski definition) is 4. The van der Waals surface area contributed by atoms with Crippen LogP contribution in [0.2, 0.25) is 5.02 Å². The van der Waals surface area contributed by atoms with Gasteiger partial charge in [-0.05, 0) is 68.0 Å². The van der Waals surface area contributed by atoms with Crippen LogP contribution in [0.5, 0.6) is 0 Å². The molecule has 1 atom stereocenters. The van der Waals surface area contributed by atoms with Crippen molar-refractivity contribution in [3.05, 3.63) is 107 Å². The number of hydrogen-bond donors (Lipinski definition) is 1. The number of halogens is 1. The van der Waals surface area contributed by atoms with E-state index in [1.165, 1.54) is 4.31 Å². The van der Waals surface area contributed by atoms with Gasteiger partial charge in [-0.1, -0.05) is 78.3 Å². The van der Waals surface area contributed by atoms with Gasteiger partial charge >= 0.3 is 0 Å². The van der Waals surface area contributed by atoms with E-state index in [9.17, 15) is 18.0 Å². The molecule has 0 fully saturated rings.